The topological polar surface area (TPSA) is 0 Å². The normalized spacial score (nSPS) is 15.8. The molecule has 122 valence electrons. The van der Waals surface area contributed by atoms with Crippen molar-refractivity contribution in [2.75, 3.05) is 6.26 Å². The number of hydrogen-bond donors (Lipinski definition) is 0. The van der Waals surface area contributed by atoms with E-state index < -0.39 is 17.5 Å². The fourth-order valence-electron chi connectivity index (χ4n) is 1.56. The van der Waals surface area contributed by atoms with Crippen LogP contribution in [0.4, 0.5) is 17.6 Å². The molecule has 0 spiro atoms. The smallest absolute Gasteiger partial charge is 0.157 e. The Labute approximate surface area is 133 Å². The van der Waals surface area contributed by atoms with Crippen molar-refractivity contribution in [3.05, 3.63) is 70.2 Å². The third-order valence-corrected chi connectivity index (χ3v) is 3.29. The van der Waals surface area contributed by atoms with Crippen LogP contribution in [0, 0.1) is 0 Å². The number of halogens is 4. The van der Waals surface area contributed by atoms with E-state index in [0.717, 1.165) is 6.92 Å². The van der Waals surface area contributed by atoms with Gasteiger partial charge in [-0.15, -0.1) is 11.8 Å². The molecule has 0 aromatic rings. The summed E-state index contributed by atoms with van der Waals surface area (Å²) in [7, 11) is 0. The van der Waals surface area contributed by atoms with E-state index in [4.69, 9.17) is 0 Å². The van der Waals surface area contributed by atoms with Crippen LogP contribution in [-0.2, 0) is 0 Å². The van der Waals surface area contributed by atoms with Crippen molar-refractivity contribution in [1.82, 2.24) is 0 Å². The lowest BCUT2D eigenvalue weighted by atomic mass is 9.99. The van der Waals surface area contributed by atoms with E-state index in [2.05, 4.69) is 6.58 Å². The predicted molar refractivity (Wildman–Crippen MR) is 88.1 cm³/mol. The quantitative estimate of drug-likeness (QED) is 0.356. The van der Waals surface area contributed by atoms with Crippen LogP contribution in [0.3, 0.4) is 0 Å². The van der Waals surface area contributed by atoms with Gasteiger partial charge in [0.25, 0.3) is 0 Å². The Balaban J connectivity index is 5.72. The molecule has 0 bridgehead atoms. The van der Waals surface area contributed by atoms with Crippen LogP contribution in [-0.4, -0.2) is 6.26 Å². The summed E-state index contributed by atoms with van der Waals surface area (Å²) < 4.78 is 52.7. The Hall–Kier alpha value is -1.49. The van der Waals surface area contributed by atoms with Gasteiger partial charge in [0.15, 0.2) is 5.83 Å². The van der Waals surface area contributed by atoms with Crippen LogP contribution in [0.1, 0.15) is 27.2 Å². The summed E-state index contributed by atoms with van der Waals surface area (Å²) in [6, 6.07) is 0. The minimum absolute atomic E-state index is 0.00468. The van der Waals surface area contributed by atoms with Crippen molar-refractivity contribution in [2.24, 2.45) is 0 Å². The Kier molecular flexibility index (Phi) is 9.58. The second-order valence-corrected chi connectivity index (χ2v) is 5.37. The van der Waals surface area contributed by atoms with Gasteiger partial charge in [-0.25, -0.2) is 17.6 Å². The maximum atomic E-state index is 13.7. The summed E-state index contributed by atoms with van der Waals surface area (Å²) in [5, 5.41) is 1.68. The molecule has 0 atom stereocenters. The Morgan fingerprint density at radius 1 is 1.14 bits per heavy atom. The zero-order chi connectivity index (χ0) is 17.3. The van der Waals surface area contributed by atoms with Crippen LogP contribution in [0.15, 0.2) is 70.2 Å². The summed E-state index contributed by atoms with van der Waals surface area (Å²) in [5.41, 5.74) is 0.796. The summed E-state index contributed by atoms with van der Waals surface area (Å²) >= 11 is 1.37. The van der Waals surface area contributed by atoms with Gasteiger partial charge < -0.3 is 0 Å². The Morgan fingerprint density at radius 3 is 2.14 bits per heavy atom. The molecule has 0 aliphatic carbocycles. The van der Waals surface area contributed by atoms with Gasteiger partial charge in [0.2, 0.25) is 0 Å². The van der Waals surface area contributed by atoms with Crippen LogP contribution in [0.5, 0.6) is 0 Å². The van der Waals surface area contributed by atoms with Crippen molar-refractivity contribution in [3.63, 3.8) is 0 Å². The first-order valence-corrected chi connectivity index (χ1v) is 7.77. The van der Waals surface area contributed by atoms with Gasteiger partial charge in [-0.05, 0) is 54.7 Å². The third kappa shape index (κ3) is 6.98. The van der Waals surface area contributed by atoms with E-state index in [1.807, 2.05) is 0 Å². The number of rotatable bonds is 7. The van der Waals surface area contributed by atoms with Crippen LogP contribution >= 0.6 is 11.8 Å². The predicted octanol–water partition coefficient (Wildman–Crippen LogP) is 7.02. The average molecular weight is 332 g/mol. The molecule has 0 fully saturated rings. The fraction of sp³-hybridized carbons (Fsp3) is 0.294. The lowest BCUT2D eigenvalue weighted by Gasteiger charge is -2.09. The molecule has 0 N–H and O–H groups in total. The van der Waals surface area contributed by atoms with E-state index in [1.54, 1.807) is 17.7 Å². The largest absolute Gasteiger partial charge is 0.215 e. The molecule has 0 saturated heterocycles. The van der Waals surface area contributed by atoms with E-state index in [9.17, 15) is 17.6 Å². The first-order valence-electron chi connectivity index (χ1n) is 6.48. The lowest BCUT2D eigenvalue weighted by molar-refractivity contribution is 0.546. The van der Waals surface area contributed by atoms with Gasteiger partial charge in [-0.2, -0.15) is 0 Å². The Morgan fingerprint density at radius 2 is 1.73 bits per heavy atom. The van der Waals surface area contributed by atoms with E-state index in [-0.39, 0.29) is 23.1 Å². The highest BCUT2D eigenvalue weighted by Gasteiger charge is 2.10. The molecule has 0 unspecified atom stereocenters. The summed E-state index contributed by atoms with van der Waals surface area (Å²) in [6.45, 7) is 7.00. The molecule has 0 saturated carbocycles. The highest BCUT2D eigenvalue weighted by atomic mass is 32.2. The second-order valence-electron chi connectivity index (χ2n) is 4.63. The van der Waals surface area contributed by atoms with Gasteiger partial charge in [-0.3, -0.25) is 0 Å². The maximum absolute atomic E-state index is 13.7. The average Bonchev–Trinajstić information content (AvgIpc) is 2.48. The number of thioether (sulfide) groups is 1. The zero-order valence-electron chi connectivity index (χ0n) is 13.1. The van der Waals surface area contributed by atoms with Crippen LogP contribution in [0.25, 0.3) is 0 Å². The molecule has 5 heteroatoms. The first kappa shape index (κ1) is 20.5. The van der Waals surface area contributed by atoms with Gasteiger partial charge in [0, 0.05) is 6.42 Å². The first-order chi connectivity index (χ1) is 10.2. The summed E-state index contributed by atoms with van der Waals surface area (Å²) in [5.74, 6) is -2.59. The zero-order valence-corrected chi connectivity index (χ0v) is 14.0. The molecule has 0 aliphatic heterocycles. The molecular formula is C17H20F4S. The highest BCUT2D eigenvalue weighted by molar-refractivity contribution is 8.01. The van der Waals surface area contributed by atoms with E-state index in [1.165, 1.54) is 31.7 Å². The van der Waals surface area contributed by atoms with Crippen LogP contribution in [0.2, 0.25) is 0 Å². The van der Waals surface area contributed by atoms with Crippen LogP contribution < -0.4 is 0 Å². The van der Waals surface area contributed by atoms with Crippen molar-refractivity contribution < 1.29 is 17.6 Å². The molecular weight excluding hydrogens is 312 g/mol. The van der Waals surface area contributed by atoms with Crippen molar-refractivity contribution in [3.8, 4) is 0 Å². The van der Waals surface area contributed by atoms with E-state index in [0.29, 0.717) is 11.9 Å². The van der Waals surface area contributed by atoms with E-state index >= 15 is 0 Å². The summed E-state index contributed by atoms with van der Waals surface area (Å²) in [4.78, 5) is 0. The van der Waals surface area contributed by atoms with Gasteiger partial charge in [0.1, 0.15) is 11.7 Å². The monoisotopic (exact) mass is 332 g/mol. The maximum Gasteiger partial charge on any atom is 0.157 e. The molecule has 0 heterocycles. The molecule has 0 amide bonds. The fourth-order valence-corrected chi connectivity index (χ4v) is 1.86. The molecule has 0 radical (unpaired) electrons. The molecule has 22 heavy (non-hydrogen) atoms. The minimum Gasteiger partial charge on any atom is -0.215 e. The Bertz CT molecular complexity index is 559. The van der Waals surface area contributed by atoms with Gasteiger partial charge >= 0.3 is 0 Å². The van der Waals surface area contributed by atoms with Crippen molar-refractivity contribution in [1.29, 1.82) is 0 Å². The molecule has 0 aromatic heterocycles. The number of hydrogen-bond acceptors (Lipinski definition) is 1. The molecule has 0 nitrogen and oxygen atoms in total. The van der Waals surface area contributed by atoms with Crippen molar-refractivity contribution >= 4 is 11.8 Å². The lowest BCUT2D eigenvalue weighted by Crippen LogP contribution is -1.92. The SMILES string of the molecule is C=C(F)/C(C)=C\C(=C/F)CC(/C=C/SC)=C(C)/C(F)=C(\C)F. The van der Waals surface area contributed by atoms with Gasteiger partial charge in [0.05, 0.1) is 6.33 Å². The minimum atomic E-state index is -0.977. The highest BCUT2D eigenvalue weighted by Crippen LogP contribution is 2.27. The van der Waals surface area contributed by atoms with Crippen molar-refractivity contribution in [2.45, 2.75) is 27.2 Å². The molecule has 0 aliphatic rings. The molecule has 0 aromatic carbocycles. The molecule has 0 rings (SSSR count). The second kappa shape index (κ2) is 10.3. The summed E-state index contributed by atoms with van der Waals surface area (Å²) in [6.07, 6.45) is 4.99. The third-order valence-electron chi connectivity index (χ3n) is 2.88. The number of allylic oxidation sites excluding steroid dienone is 9. The van der Waals surface area contributed by atoms with Gasteiger partial charge in [-0.1, -0.05) is 18.7 Å². The standard InChI is InChI=1S/C17H20F4S/c1-11(13(3)19)8-15(10-18)9-16(6-7-22-5)12(2)17(21)14(4)20/h6-8,10H,3,9H2,1-2,4-5H3/b7-6+,11-8-,15-10+,16-12+,17-14-.